The lowest BCUT2D eigenvalue weighted by Crippen LogP contribution is -2.09. The first-order valence-corrected chi connectivity index (χ1v) is 8.43. The van der Waals surface area contributed by atoms with Crippen molar-refractivity contribution in [2.75, 3.05) is 19.0 Å². The normalized spacial score (nSPS) is 10.5. The van der Waals surface area contributed by atoms with Crippen LogP contribution in [-0.4, -0.2) is 28.6 Å². The number of ether oxygens (including phenoxy) is 1. The molecule has 0 spiro atoms. The van der Waals surface area contributed by atoms with Gasteiger partial charge in [-0.05, 0) is 36.2 Å². The summed E-state index contributed by atoms with van der Waals surface area (Å²) in [6.45, 7) is 0.635. The fraction of sp³-hybridized carbons (Fsp3) is 0.167. The minimum atomic E-state index is 0.536. The molecular formula is C18H16Cl2N4O. The van der Waals surface area contributed by atoms with Gasteiger partial charge in [0, 0.05) is 22.8 Å². The molecule has 128 valence electrons. The lowest BCUT2D eigenvalue weighted by molar-refractivity contribution is 0.413. The Morgan fingerprint density at radius 3 is 2.72 bits per heavy atom. The van der Waals surface area contributed by atoms with Crippen LogP contribution in [0.15, 0.2) is 48.8 Å². The van der Waals surface area contributed by atoms with Crippen LogP contribution in [0.5, 0.6) is 5.75 Å². The van der Waals surface area contributed by atoms with Crippen molar-refractivity contribution in [3.8, 4) is 17.3 Å². The maximum absolute atomic E-state index is 6.20. The number of nitrogens with one attached hydrogen (secondary N) is 1. The van der Waals surface area contributed by atoms with Gasteiger partial charge in [-0.3, -0.25) is 4.98 Å². The van der Waals surface area contributed by atoms with Crippen LogP contribution in [0.25, 0.3) is 11.5 Å². The molecule has 0 saturated carbocycles. The molecule has 0 aliphatic heterocycles. The van der Waals surface area contributed by atoms with E-state index in [9.17, 15) is 0 Å². The monoisotopic (exact) mass is 374 g/mol. The maximum Gasteiger partial charge on any atom is 0.180 e. The van der Waals surface area contributed by atoms with Crippen LogP contribution in [0.3, 0.4) is 0 Å². The van der Waals surface area contributed by atoms with Gasteiger partial charge in [0.1, 0.15) is 5.69 Å². The van der Waals surface area contributed by atoms with E-state index in [-0.39, 0.29) is 0 Å². The number of nitrogens with zero attached hydrogens (tertiary/aromatic N) is 3. The largest absolute Gasteiger partial charge is 0.491 e. The van der Waals surface area contributed by atoms with Crippen LogP contribution < -0.4 is 10.1 Å². The topological polar surface area (TPSA) is 59.9 Å². The van der Waals surface area contributed by atoms with Gasteiger partial charge < -0.3 is 10.1 Å². The van der Waals surface area contributed by atoms with Crippen molar-refractivity contribution in [1.29, 1.82) is 0 Å². The van der Waals surface area contributed by atoms with Gasteiger partial charge in [-0.25, -0.2) is 9.97 Å². The number of rotatable bonds is 6. The molecule has 7 heteroatoms. The highest BCUT2D eigenvalue weighted by molar-refractivity contribution is 6.35. The standard InChI is InChI=1S/C18H16Cl2N4O/c1-25-16-11-23-17(15-4-2-3-8-21-15)24-18(16)22-9-7-12-5-6-13(19)10-14(12)20/h2-6,8,10-11H,7,9H2,1H3,(H,22,23,24). The molecule has 0 aliphatic rings. The summed E-state index contributed by atoms with van der Waals surface area (Å²) in [5.74, 6) is 1.72. The molecule has 0 radical (unpaired) electrons. The van der Waals surface area contributed by atoms with E-state index in [2.05, 4.69) is 20.3 Å². The molecule has 3 aromatic rings. The average molecular weight is 375 g/mol. The van der Waals surface area contributed by atoms with Crippen molar-refractivity contribution in [2.45, 2.75) is 6.42 Å². The Morgan fingerprint density at radius 2 is 2.00 bits per heavy atom. The van der Waals surface area contributed by atoms with E-state index < -0.39 is 0 Å². The van der Waals surface area contributed by atoms with Crippen molar-refractivity contribution in [1.82, 2.24) is 15.0 Å². The highest BCUT2D eigenvalue weighted by Crippen LogP contribution is 2.25. The molecule has 0 saturated heterocycles. The molecule has 0 unspecified atom stereocenters. The third-order valence-electron chi connectivity index (χ3n) is 3.57. The predicted octanol–water partition coefficient (Wildman–Crippen LogP) is 4.51. The smallest absolute Gasteiger partial charge is 0.180 e. The lowest BCUT2D eigenvalue weighted by atomic mass is 10.1. The van der Waals surface area contributed by atoms with Gasteiger partial charge in [0.15, 0.2) is 17.4 Å². The van der Waals surface area contributed by atoms with E-state index in [1.807, 2.05) is 30.3 Å². The zero-order chi connectivity index (χ0) is 17.6. The molecule has 2 heterocycles. The van der Waals surface area contributed by atoms with Crippen LogP contribution in [-0.2, 0) is 6.42 Å². The SMILES string of the molecule is COc1cnc(-c2ccccn2)nc1NCCc1ccc(Cl)cc1Cl. The lowest BCUT2D eigenvalue weighted by Gasteiger charge is -2.11. The van der Waals surface area contributed by atoms with Gasteiger partial charge >= 0.3 is 0 Å². The van der Waals surface area contributed by atoms with Gasteiger partial charge in [-0.2, -0.15) is 0 Å². The molecule has 1 N–H and O–H groups in total. The number of hydrogen-bond donors (Lipinski definition) is 1. The maximum atomic E-state index is 6.20. The van der Waals surface area contributed by atoms with Gasteiger partial charge in [0.25, 0.3) is 0 Å². The molecule has 0 atom stereocenters. The van der Waals surface area contributed by atoms with Gasteiger partial charge in [-0.1, -0.05) is 35.3 Å². The van der Waals surface area contributed by atoms with Crippen molar-refractivity contribution in [3.63, 3.8) is 0 Å². The summed E-state index contributed by atoms with van der Waals surface area (Å²) in [5, 5.41) is 4.54. The molecule has 0 bridgehead atoms. The Hall–Kier alpha value is -2.37. The third kappa shape index (κ3) is 4.38. The summed E-state index contributed by atoms with van der Waals surface area (Å²) in [5.41, 5.74) is 1.71. The predicted molar refractivity (Wildman–Crippen MR) is 100 cm³/mol. The number of benzene rings is 1. The van der Waals surface area contributed by atoms with E-state index in [1.165, 1.54) is 0 Å². The number of anilines is 1. The number of methoxy groups -OCH3 is 1. The molecule has 0 aliphatic carbocycles. The van der Waals surface area contributed by atoms with Crippen LogP contribution in [0.4, 0.5) is 5.82 Å². The number of aromatic nitrogens is 3. The van der Waals surface area contributed by atoms with Crippen LogP contribution in [0.1, 0.15) is 5.56 Å². The van der Waals surface area contributed by atoms with E-state index in [4.69, 9.17) is 27.9 Å². The van der Waals surface area contributed by atoms with Crippen molar-refractivity contribution < 1.29 is 4.74 Å². The molecule has 2 aromatic heterocycles. The zero-order valence-corrected chi connectivity index (χ0v) is 15.1. The average Bonchev–Trinajstić information content (AvgIpc) is 2.64. The number of pyridine rings is 1. The summed E-state index contributed by atoms with van der Waals surface area (Å²) < 4.78 is 5.33. The Morgan fingerprint density at radius 1 is 1.12 bits per heavy atom. The first-order chi connectivity index (χ1) is 12.2. The Bertz CT molecular complexity index is 859. The number of hydrogen-bond acceptors (Lipinski definition) is 5. The minimum absolute atomic E-state index is 0.536. The molecule has 0 amide bonds. The quantitative estimate of drug-likeness (QED) is 0.687. The summed E-state index contributed by atoms with van der Waals surface area (Å²) in [7, 11) is 1.58. The van der Waals surface area contributed by atoms with E-state index in [0.717, 1.165) is 12.0 Å². The first kappa shape index (κ1) is 17.5. The summed E-state index contributed by atoms with van der Waals surface area (Å²) in [6, 6.07) is 11.1. The summed E-state index contributed by atoms with van der Waals surface area (Å²) >= 11 is 12.1. The van der Waals surface area contributed by atoms with E-state index >= 15 is 0 Å². The van der Waals surface area contributed by atoms with Crippen molar-refractivity contribution >= 4 is 29.0 Å². The van der Waals surface area contributed by atoms with Crippen molar-refractivity contribution in [3.05, 3.63) is 64.4 Å². The fourth-order valence-corrected chi connectivity index (χ4v) is 2.81. The van der Waals surface area contributed by atoms with Crippen LogP contribution >= 0.6 is 23.2 Å². The zero-order valence-electron chi connectivity index (χ0n) is 13.5. The Balaban J connectivity index is 1.74. The second-order valence-electron chi connectivity index (χ2n) is 5.24. The first-order valence-electron chi connectivity index (χ1n) is 7.67. The Kier molecular flexibility index (Phi) is 5.68. The minimum Gasteiger partial charge on any atom is -0.491 e. The molecular weight excluding hydrogens is 359 g/mol. The van der Waals surface area contributed by atoms with E-state index in [1.54, 1.807) is 25.6 Å². The second kappa shape index (κ2) is 8.14. The fourth-order valence-electron chi connectivity index (χ4n) is 2.31. The van der Waals surface area contributed by atoms with E-state index in [0.29, 0.717) is 39.7 Å². The van der Waals surface area contributed by atoms with Crippen molar-refractivity contribution in [2.24, 2.45) is 0 Å². The Labute approximate surface area is 156 Å². The second-order valence-corrected chi connectivity index (χ2v) is 6.08. The van der Waals surface area contributed by atoms with Gasteiger partial charge in [0.05, 0.1) is 13.3 Å². The molecule has 25 heavy (non-hydrogen) atoms. The summed E-state index contributed by atoms with van der Waals surface area (Å²) in [6.07, 6.45) is 4.06. The highest BCUT2D eigenvalue weighted by Gasteiger charge is 2.10. The molecule has 1 aromatic carbocycles. The summed E-state index contributed by atoms with van der Waals surface area (Å²) in [4.78, 5) is 13.1. The third-order valence-corrected chi connectivity index (χ3v) is 4.16. The van der Waals surface area contributed by atoms with Crippen LogP contribution in [0.2, 0.25) is 10.0 Å². The molecule has 5 nitrogen and oxygen atoms in total. The molecule has 0 fully saturated rings. The number of halogens is 2. The van der Waals surface area contributed by atoms with Crippen LogP contribution in [0, 0.1) is 0 Å². The van der Waals surface area contributed by atoms with Gasteiger partial charge in [-0.15, -0.1) is 0 Å². The van der Waals surface area contributed by atoms with Gasteiger partial charge in [0.2, 0.25) is 0 Å². The highest BCUT2D eigenvalue weighted by atomic mass is 35.5. The molecule has 3 rings (SSSR count).